The highest BCUT2D eigenvalue weighted by atomic mass is 32.1. The van der Waals surface area contributed by atoms with Crippen LogP contribution in [-0.2, 0) is 0 Å². The van der Waals surface area contributed by atoms with Crippen LogP contribution in [0.2, 0.25) is 0 Å². The monoisotopic (exact) mass is 697 g/mol. The standard InChI is InChI=1S/C48H27NOS2/c1-4-16-38-30(10-1)36-26-28(29-23-25-44-37(27-29)31-11-2-5-19-42(31)51-44)22-24-39(36)49(38)40-17-7-15-35-46-32(13-8-18-41(46)50-48(35)40)33-14-9-21-45-47(33)34-12-3-6-20-43(34)52-45/h1-27H. The molecule has 52 heavy (non-hydrogen) atoms. The highest BCUT2D eigenvalue weighted by molar-refractivity contribution is 7.26. The molecule has 0 aliphatic rings. The lowest BCUT2D eigenvalue weighted by Crippen LogP contribution is -1.94. The number of hydrogen-bond donors (Lipinski definition) is 0. The number of furan rings is 1. The third kappa shape index (κ3) is 3.93. The minimum Gasteiger partial charge on any atom is -0.454 e. The van der Waals surface area contributed by atoms with E-state index in [0.29, 0.717) is 0 Å². The lowest BCUT2D eigenvalue weighted by atomic mass is 9.95. The van der Waals surface area contributed by atoms with Crippen LogP contribution in [0.4, 0.5) is 0 Å². The number of nitrogens with zero attached hydrogens (tertiary/aromatic N) is 1. The molecule has 2 nitrogen and oxygen atoms in total. The molecular formula is C48H27NOS2. The highest BCUT2D eigenvalue weighted by Crippen LogP contribution is 2.46. The average Bonchev–Trinajstić information content (AvgIpc) is 3.96. The third-order valence-corrected chi connectivity index (χ3v) is 13.1. The number of fused-ring (bicyclic) bond motifs is 12. The van der Waals surface area contributed by atoms with Crippen molar-refractivity contribution in [1.29, 1.82) is 0 Å². The SMILES string of the molecule is c1cc(-c2cccc3sc4ccccc4c23)c2c(c1)oc1c(-n3c4ccccc4c4cc(-c5ccc6sc7ccccc7c6c5)ccc43)cccc12. The number of rotatable bonds is 3. The van der Waals surface area contributed by atoms with E-state index in [1.54, 1.807) is 0 Å². The maximum Gasteiger partial charge on any atom is 0.159 e. The summed E-state index contributed by atoms with van der Waals surface area (Å²) in [6.07, 6.45) is 0. The predicted molar refractivity (Wildman–Crippen MR) is 225 cm³/mol. The molecule has 12 rings (SSSR count). The highest BCUT2D eigenvalue weighted by Gasteiger charge is 2.21. The van der Waals surface area contributed by atoms with Crippen LogP contribution in [0.3, 0.4) is 0 Å². The maximum absolute atomic E-state index is 6.89. The predicted octanol–water partition coefficient (Wildman–Crippen LogP) is 14.8. The second-order valence-corrected chi connectivity index (χ2v) is 15.8. The van der Waals surface area contributed by atoms with E-state index in [1.807, 2.05) is 22.7 Å². The lowest BCUT2D eigenvalue weighted by molar-refractivity contribution is 0.666. The van der Waals surface area contributed by atoms with Crippen LogP contribution < -0.4 is 0 Å². The van der Waals surface area contributed by atoms with Crippen molar-refractivity contribution in [3.05, 3.63) is 164 Å². The zero-order chi connectivity index (χ0) is 33.9. The van der Waals surface area contributed by atoms with Crippen molar-refractivity contribution < 1.29 is 4.42 Å². The van der Waals surface area contributed by atoms with Crippen molar-refractivity contribution in [1.82, 2.24) is 4.57 Å². The number of para-hydroxylation sites is 2. The van der Waals surface area contributed by atoms with Gasteiger partial charge in [0.05, 0.1) is 16.7 Å². The first-order chi connectivity index (χ1) is 25.8. The summed E-state index contributed by atoms with van der Waals surface area (Å²) in [5.41, 5.74) is 10.1. The van der Waals surface area contributed by atoms with Gasteiger partial charge >= 0.3 is 0 Å². The Morgan fingerprint density at radius 3 is 1.87 bits per heavy atom. The molecule has 0 N–H and O–H groups in total. The fraction of sp³-hybridized carbons (Fsp3) is 0. The topological polar surface area (TPSA) is 18.1 Å². The molecule has 0 radical (unpaired) electrons. The van der Waals surface area contributed by atoms with E-state index in [1.165, 1.54) is 73.4 Å². The Labute approximate surface area is 306 Å². The molecule has 4 heteroatoms. The maximum atomic E-state index is 6.89. The molecule has 0 aliphatic carbocycles. The number of hydrogen-bond acceptors (Lipinski definition) is 3. The van der Waals surface area contributed by atoms with Gasteiger partial charge < -0.3 is 8.98 Å². The van der Waals surface area contributed by atoms with Gasteiger partial charge in [-0.2, -0.15) is 0 Å². The van der Waals surface area contributed by atoms with E-state index in [4.69, 9.17) is 4.42 Å². The Morgan fingerprint density at radius 1 is 0.385 bits per heavy atom. The Balaban J connectivity index is 1.08. The molecule has 0 fully saturated rings. The second-order valence-electron chi connectivity index (χ2n) is 13.6. The molecule has 0 aliphatic heterocycles. The minimum absolute atomic E-state index is 0.897. The van der Waals surface area contributed by atoms with Crippen molar-refractivity contribution in [3.8, 4) is 27.9 Å². The molecule has 4 aromatic heterocycles. The van der Waals surface area contributed by atoms with Gasteiger partial charge in [-0.05, 0) is 82.9 Å². The molecule has 0 saturated heterocycles. The summed E-state index contributed by atoms with van der Waals surface area (Å²) in [4.78, 5) is 0. The molecule has 0 bridgehead atoms. The zero-order valence-electron chi connectivity index (χ0n) is 27.8. The Kier molecular flexibility index (Phi) is 5.84. The van der Waals surface area contributed by atoms with Crippen molar-refractivity contribution >= 4 is 107 Å². The van der Waals surface area contributed by atoms with Crippen molar-refractivity contribution in [2.75, 3.05) is 0 Å². The van der Waals surface area contributed by atoms with Crippen LogP contribution in [0.15, 0.2) is 168 Å². The van der Waals surface area contributed by atoms with Crippen molar-refractivity contribution in [2.24, 2.45) is 0 Å². The van der Waals surface area contributed by atoms with Gasteiger partial charge in [-0.15, -0.1) is 22.7 Å². The van der Waals surface area contributed by atoms with Crippen molar-refractivity contribution in [3.63, 3.8) is 0 Å². The van der Waals surface area contributed by atoms with Crippen LogP contribution in [0.1, 0.15) is 0 Å². The van der Waals surface area contributed by atoms with Gasteiger partial charge in [0.1, 0.15) is 5.58 Å². The summed E-state index contributed by atoms with van der Waals surface area (Å²) in [5, 5.41) is 9.99. The summed E-state index contributed by atoms with van der Waals surface area (Å²) in [5.74, 6) is 0. The van der Waals surface area contributed by atoms with Gasteiger partial charge in [0.2, 0.25) is 0 Å². The molecule has 242 valence electrons. The number of aromatic nitrogens is 1. The Bertz CT molecular complexity index is 3430. The fourth-order valence-corrected chi connectivity index (χ4v) is 10.8. The molecule has 0 spiro atoms. The number of benzene rings is 8. The Hall–Kier alpha value is -6.20. The largest absolute Gasteiger partial charge is 0.454 e. The minimum atomic E-state index is 0.897. The van der Waals surface area contributed by atoms with Crippen LogP contribution in [-0.4, -0.2) is 4.57 Å². The molecule has 0 amide bonds. The van der Waals surface area contributed by atoms with Crippen LogP contribution >= 0.6 is 22.7 Å². The van der Waals surface area contributed by atoms with Gasteiger partial charge in [-0.3, -0.25) is 0 Å². The summed E-state index contributed by atoms with van der Waals surface area (Å²) in [6, 6.07) is 59.8. The molecule has 0 atom stereocenters. The molecule has 0 saturated carbocycles. The van der Waals surface area contributed by atoms with Gasteiger partial charge in [0.25, 0.3) is 0 Å². The van der Waals surface area contributed by atoms with E-state index >= 15 is 0 Å². The molecule has 8 aromatic carbocycles. The number of thiophene rings is 2. The summed E-state index contributed by atoms with van der Waals surface area (Å²) >= 11 is 3.72. The molecule has 0 unspecified atom stereocenters. The van der Waals surface area contributed by atoms with E-state index in [-0.39, 0.29) is 0 Å². The first-order valence-electron chi connectivity index (χ1n) is 17.6. The van der Waals surface area contributed by atoms with Crippen LogP contribution in [0.25, 0.3) is 112 Å². The van der Waals surface area contributed by atoms with Gasteiger partial charge in [-0.25, -0.2) is 0 Å². The normalized spacial score (nSPS) is 12.2. The zero-order valence-corrected chi connectivity index (χ0v) is 29.4. The average molecular weight is 698 g/mol. The summed E-state index contributed by atoms with van der Waals surface area (Å²) in [7, 11) is 0. The van der Waals surface area contributed by atoms with Crippen molar-refractivity contribution in [2.45, 2.75) is 0 Å². The fourth-order valence-electron chi connectivity index (χ4n) is 8.55. The van der Waals surface area contributed by atoms with Gasteiger partial charge in [0.15, 0.2) is 5.58 Å². The quantitative estimate of drug-likeness (QED) is 0.180. The first-order valence-corrected chi connectivity index (χ1v) is 19.2. The van der Waals surface area contributed by atoms with Crippen LogP contribution in [0, 0.1) is 0 Å². The lowest BCUT2D eigenvalue weighted by Gasteiger charge is -2.09. The van der Waals surface area contributed by atoms with E-state index in [2.05, 4.69) is 168 Å². The molecular weight excluding hydrogens is 671 g/mol. The van der Waals surface area contributed by atoms with Gasteiger partial charge in [-0.1, -0.05) is 103 Å². The Morgan fingerprint density at radius 2 is 0.981 bits per heavy atom. The molecule has 12 aromatic rings. The van der Waals surface area contributed by atoms with E-state index in [0.717, 1.165) is 38.7 Å². The van der Waals surface area contributed by atoms with E-state index in [9.17, 15) is 0 Å². The van der Waals surface area contributed by atoms with E-state index < -0.39 is 0 Å². The second kappa shape index (κ2) is 10.7. The first kappa shape index (κ1) is 28.5. The summed E-state index contributed by atoms with van der Waals surface area (Å²) in [6.45, 7) is 0. The van der Waals surface area contributed by atoms with Gasteiger partial charge in [0, 0.05) is 61.9 Å². The third-order valence-electron chi connectivity index (χ3n) is 10.8. The molecule has 4 heterocycles. The van der Waals surface area contributed by atoms with Crippen LogP contribution in [0.5, 0.6) is 0 Å². The summed E-state index contributed by atoms with van der Waals surface area (Å²) < 4.78 is 14.6. The smallest absolute Gasteiger partial charge is 0.159 e.